The van der Waals surface area contributed by atoms with Crippen LogP contribution in [0, 0.1) is 11.8 Å². The van der Waals surface area contributed by atoms with Gasteiger partial charge in [-0.05, 0) is 73.1 Å². The van der Waals surface area contributed by atoms with Gasteiger partial charge in [-0.1, -0.05) is 6.07 Å². The van der Waals surface area contributed by atoms with E-state index in [1.807, 2.05) is 18.2 Å². The van der Waals surface area contributed by atoms with Crippen LogP contribution in [0.3, 0.4) is 0 Å². The lowest BCUT2D eigenvalue weighted by molar-refractivity contribution is -0.137. The van der Waals surface area contributed by atoms with Crippen molar-refractivity contribution in [2.45, 2.75) is 57.0 Å². The zero-order chi connectivity index (χ0) is 25.7. The van der Waals surface area contributed by atoms with Crippen LogP contribution in [-0.2, 0) is 11.2 Å². The molecule has 1 unspecified atom stereocenters. The highest BCUT2D eigenvalue weighted by molar-refractivity contribution is 5.68. The number of hydrogen-bond acceptors (Lipinski definition) is 5. The summed E-state index contributed by atoms with van der Waals surface area (Å²) in [4.78, 5) is 17.7. The van der Waals surface area contributed by atoms with Gasteiger partial charge in [-0.25, -0.2) is 4.98 Å². The maximum atomic E-state index is 12.8. The predicted octanol–water partition coefficient (Wildman–Crippen LogP) is 5.85. The van der Waals surface area contributed by atoms with E-state index in [2.05, 4.69) is 9.88 Å². The first-order valence-corrected chi connectivity index (χ1v) is 12.5. The van der Waals surface area contributed by atoms with E-state index in [4.69, 9.17) is 9.47 Å². The van der Waals surface area contributed by atoms with E-state index in [0.717, 1.165) is 50.0 Å². The Morgan fingerprint density at radius 2 is 1.92 bits per heavy atom. The molecule has 9 heteroatoms. The summed E-state index contributed by atoms with van der Waals surface area (Å²) in [5, 5.41) is 9.27. The number of aliphatic carboxylic acids is 1. The van der Waals surface area contributed by atoms with Crippen molar-refractivity contribution in [2.24, 2.45) is 11.8 Å². The normalized spacial score (nSPS) is 17.6. The number of ether oxygens (including phenoxy) is 2. The Labute approximate surface area is 209 Å². The Hall–Kier alpha value is -2.97. The number of halogens is 3. The number of methoxy groups -OCH3 is 1. The number of carbonyl (C=O) groups is 1. The van der Waals surface area contributed by atoms with E-state index in [9.17, 15) is 23.1 Å². The Balaban J connectivity index is 1.33. The van der Waals surface area contributed by atoms with Crippen molar-refractivity contribution in [3.05, 3.63) is 47.7 Å². The van der Waals surface area contributed by atoms with Crippen molar-refractivity contribution >= 4 is 11.7 Å². The molecule has 1 atom stereocenters. The van der Waals surface area contributed by atoms with Gasteiger partial charge in [0.2, 0.25) is 5.88 Å². The minimum Gasteiger partial charge on any atom is -0.497 e. The van der Waals surface area contributed by atoms with Crippen LogP contribution in [0.2, 0.25) is 0 Å². The lowest BCUT2D eigenvalue weighted by atomic mass is 9.92. The smallest absolute Gasteiger partial charge is 0.389 e. The van der Waals surface area contributed by atoms with E-state index in [1.54, 1.807) is 25.4 Å². The van der Waals surface area contributed by atoms with Gasteiger partial charge in [0, 0.05) is 43.5 Å². The summed E-state index contributed by atoms with van der Waals surface area (Å²) in [6, 6.07) is 9.01. The number of carboxylic acids is 1. The summed E-state index contributed by atoms with van der Waals surface area (Å²) in [6.45, 7) is 1.93. The van der Waals surface area contributed by atoms with E-state index in [0.29, 0.717) is 35.6 Å². The molecule has 2 fully saturated rings. The highest BCUT2D eigenvalue weighted by Gasteiger charge is 2.34. The number of benzene rings is 1. The van der Waals surface area contributed by atoms with Crippen molar-refractivity contribution < 1.29 is 32.5 Å². The molecular weight excluding hydrogens is 473 g/mol. The van der Waals surface area contributed by atoms with Crippen LogP contribution in [0.25, 0.3) is 0 Å². The number of anilines is 1. The van der Waals surface area contributed by atoms with Crippen LogP contribution in [0.1, 0.15) is 55.6 Å². The Kier molecular flexibility index (Phi) is 8.26. The van der Waals surface area contributed by atoms with Crippen LogP contribution in [0.5, 0.6) is 11.6 Å². The third kappa shape index (κ3) is 7.27. The molecule has 0 spiro atoms. The molecule has 2 heterocycles. The highest BCUT2D eigenvalue weighted by atomic mass is 19.4. The standard InChI is InChI=1S/C27H33F3N2O4/c1-35-22-5-4-20(6-10-27(28,29)30)24(15-22)32-12-8-18(9-13-32)17-36-25-14-21(7-11-31-25)23(16-26(33)34)19-2-3-19/h4-5,7,11,14-15,18-19,23H,2-3,6,8-10,12-13,16-17H2,1H3,(H,33,34). The van der Waals surface area contributed by atoms with Gasteiger partial charge in [0.15, 0.2) is 0 Å². The average molecular weight is 507 g/mol. The summed E-state index contributed by atoms with van der Waals surface area (Å²) in [5.74, 6) is 1.05. The van der Waals surface area contributed by atoms with Crippen molar-refractivity contribution in [1.82, 2.24) is 4.98 Å². The number of rotatable bonds is 11. The minimum absolute atomic E-state index is 0.00880. The lowest BCUT2D eigenvalue weighted by Crippen LogP contribution is -2.36. The number of aryl methyl sites for hydroxylation is 1. The van der Waals surface area contributed by atoms with E-state index >= 15 is 0 Å². The molecule has 1 saturated heterocycles. The summed E-state index contributed by atoms with van der Waals surface area (Å²) in [5.41, 5.74) is 2.44. The molecule has 1 saturated carbocycles. The molecule has 4 rings (SSSR count). The van der Waals surface area contributed by atoms with Crippen molar-refractivity contribution in [3.63, 3.8) is 0 Å². The molecule has 0 bridgehead atoms. The molecule has 1 aromatic heterocycles. The maximum Gasteiger partial charge on any atom is 0.389 e. The predicted molar refractivity (Wildman–Crippen MR) is 130 cm³/mol. The fraction of sp³-hybridized carbons (Fsp3) is 0.556. The zero-order valence-electron chi connectivity index (χ0n) is 20.5. The van der Waals surface area contributed by atoms with Crippen LogP contribution < -0.4 is 14.4 Å². The molecule has 2 aliphatic rings. The summed E-state index contributed by atoms with van der Waals surface area (Å²) in [7, 11) is 1.55. The Bertz CT molecular complexity index is 1030. The Morgan fingerprint density at radius 3 is 2.56 bits per heavy atom. The van der Waals surface area contributed by atoms with Gasteiger partial charge in [-0.3, -0.25) is 4.79 Å². The van der Waals surface area contributed by atoms with Gasteiger partial charge in [-0.15, -0.1) is 0 Å². The molecule has 1 aliphatic heterocycles. The lowest BCUT2D eigenvalue weighted by Gasteiger charge is -2.35. The quantitative estimate of drug-likeness (QED) is 0.412. The van der Waals surface area contributed by atoms with E-state index < -0.39 is 18.6 Å². The second-order valence-corrected chi connectivity index (χ2v) is 9.82. The third-order valence-corrected chi connectivity index (χ3v) is 7.17. The number of alkyl halides is 3. The first-order chi connectivity index (χ1) is 17.2. The fourth-order valence-electron chi connectivity index (χ4n) is 4.97. The molecule has 36 heavy (non-hydrogen) atoms. The van der Waals surface area contributed by atoms with Crippen LogP contribution in [0.4, 0.5) is 18.9 Å². The van der Waals surface area contributed by atoms with Gasteiger partial charge < -0.3 is 19.5 Å². The molecule has 1 aliphatic carbocycles. The third-order valence-electron chi connectivity index (χ3n) is 7.17. The van der Waals surface area contributed by atoms with Gasteiger partial charge in [0.25, 0.3) is 0 Å². The van der Waals surface area contributed by atoms with Crippen molar-refractivity contribution in [1.29, 1.82) is 0 Å². The highest BCUT2D eigenvalue weighted by Crippen LogP contribution is 2.45. The van der Waals surface area contributed by atoms with Gasteiger partial charge in [0.1, 0.15) is 5.75 Å². The average Bonchev–Trinajstić information content (AvgIpc) is 3.70. The number of aromatic nitrogens is 1. The number of carboxylic acid groups (broad SMARTS) is 1. The first-order valence-electron chi connectivity index (χ1n) is 12.5. The SMILES string of the molecule is COc1ccc(CCC(F)(F)F)c(N2CCC(COc3cc(C(CC(=O)O)C4CC4)ccn3)CC2)c1. The maximum absolute atomic E-state index is 12.8. The largest absolute Gasteiger partial charge is 0.497 e. The molecule has 1 aromatic carbocycles. The van der Waals surface area contributed by atoms with Crippen LogP contribution in [-0.4, -0.2) is 49.0 Å². The zero-order valence-corrected chi connectivity index (χ0v) is 20.5. The topological polar surface area (TPSA) is 71.9 Å². The monoisotopic (exact) mass is 506 g/mol. The van der Waals surface area contributed by atoms with E-state index in [-0.39, 0.29) is 18.8 Å². The van der Waals surface area contributed by atoms with Crippen LogP contribution >= 0.6 is 0 Å². The molecule has 0 amide bonds. The fourth-order valence-corrected chi connectivity index (χ4v) is 4.97. The minimum atomic E-state index is -4.20. The molecule has 196 valence electrons. The number of pyridine rings is 1. The summed E-state index contributed by atoms with van der Waals surface area (Å²) in [6.07, 6.45) is 0.490. The summed E-state index contributed by atoms with van der Waals surface area (Å²) < 4.78 is 49.8. The van der Waals surface area contributed by atoms with Crippen molar-refractivity contribution in [3.8, 4) is 11.6 Å². The van der Waals surface area contributed by atoms with E-state index in [1.165, 1.54) is 0 Å². The molecule has 0 radical (unpaired) electrons. The van der Waals surface area contributed by atoms with Gasteiger partial charge in [-0.2, -0.15) is 13.2 Å². The molecule has 6 nitrogen and oxygen atoms in total. The van der Waals surface area contributed by atoms with Gasteiger partial charge >= 0.3 is 12.1 Å². The Morgan fingerprint density at radius 1 is 1.17 bits per heavy atom. The molecule has 1 N–H and O–H groups in total. The van der Waals surface area contributed by atoms with Crippen LogP contribution in [0.15, 0.2) is 36.5 Å². The number of nitrogens with zero attached hydrogens (tertiary/aromatic N) is 2. The summed E-state index contributed by atoms with van der Waals surface area (Å²) >= 11 is 0. The van der Waals surface area contributed by atoms with Crippen molar-refractivity contribution in [2.75, 3.05) is 31.7 Å². The van der Waals surface area contributed by atoms with Gasteiger partial charge in [0.05, 0.1) is 20.1 Å². The molecule has 2 aromatic rings. The number of hydrogen-bond donors (Lipinski definition) is 1. The molecular formula is C27H33F3N2O4. The second-order valence-electron chi connectivity index (χ2n) is 9.82. The first kappa shape index (κ1) is 26.1. The second kappa shape index (κ2) is 11.4. The number of piperidine rings is 1.